The first kappa shape index (κ1) is 20.3. The van der Waals surface area contributed by atoms with Crippen LogP contribution in [0.2, 0.25) is 0 Å². The molecule has 6 nitrogen and oxygen atoms in total. The molecule has 0 saturated carbocycles. The monoisotopic (exact) mass is 391 g/mol. The number of benzene rings is 1. The quantitative estimate of drug-likeness (QED) is 0.672. The number of rotatable bonds is 4. The first-order valence-corrected chi connectivity index (χ1v) is 9.20. The fourth-order valence-electron chi connectivity index (χ4n) is 3.33. The Hall–Kier alpha value is -3.41. The Morgan fingerprint density at radius 2 is 2.10 bits per heavy atom. The van der Waals surface area contributed by atoms with Crippen molar-refractivity contribution < 1.29 is 14.0 Å². The van der Waals surface area contributed by atoms with Crippen LogP contribution in [0.5, 0.6) is 0 Å². The van der Waals surface area contributed by atoms with E-state index in [0.29, 0.717) is 25.2 Å². The largest absolute Gasteiger partial charge is 0.459 e. The van der Waals surface area contributed by atoms with E-state index in [0.717, 1.165) is 33.4 Å². The number of hydrogen-bond acceptors (Lipinski definition) is 4. The lowest BCUT2D eigenvalue weighted by atomic mass is 10.0. The Bertz CT molecular complexity index is 1100. The molecule has 0 radical (unpaired) electrons. The molecule has 0 spiro atoms. The van der Waals surface area contributed by atoms with E-state index in [1.54, 1.807) is 24.2 Å². The average Bonchev–Trinajstić information content (AvgIpc) is 3.01. The highest BCUT2D eigenvalue weighted by atomic mass is 16.3. The maximum atomic E-state index is 12.5. The van der Waals surface area contributed by atoms with Crippen LogP contribution in [0, 0.1) is 6.92 Å². The van der Waals surface area contributed by atoms with Crippen LogP contribution in [0.3, 0.4) is 0 Å². The van der Waals surface area contributed by atoms with Crippen molar-refractivity contribution in [1.82, 2.24) is 9.88 Å². The van der Waals surface area contributed by atoms with Crippen LogP contribution < -0.4 is 5.32 Å². The third kappa shape index (κ3) is 4.21. The first-order valence-electron chi connectivity index (χ1n) is 9.20. The molecule has 3 heterocycles. The molecular weight excluding hydrogens is 366 g/mol. The third-order valence-electron chi connectivity index (χ3n) is 4.98. The van der Waals surface area contributed by atoms with Gasteiger partial charge in [-0.3, -0.25) is 9.59 Å². The van der Waals surface area contributed by atoms with Crippen molar-refractivity contribution in [3.05, 3.63) is 65.1 Å². The van der Waals surface area contributed by atoms with Crippen LogP contribution in [0.15, 0.2) is 47.0 Å². The molecule has 1 aliphatic heterocycles. The maximum Gasteiger partial charge on any atom is 0.246 e. The summed E-state index contributed by atoms with van der Waals surface area (Å²) in [4.78, 5) is 29.8. The number of carbonyl (C=O) groups is 2. The van der Waals surface area contributed by atoms with Gasteiger partial charge in [-0.25, -0.2) is 4.98 Å². The van der Waals surface area contributed by atoms with Crippen molar-refractivity contribution in [2.75, 3.05) is 12.4 Å². The summed E-state index contributed by atoms with van der Waals surface area (Å²) in [5, 5.41) is 3.82. The highest BCUT2D eigenvalue weighted by molar-refractivity contribution is 5.94. The number of aryl methyl sites for hydroxylation is 2. The number of aromatic nitrogens is 1. The van der Waals surface area contributed by atoms with Crippen molar-refractivity contribution in [2.24, 2.45) is 0 Å². The summed E-state index contributed by atoms with van der Waals surface area (Å²) in [6, 6.07) is 9.81. The van der Waals surface area contributed by atoms with Crippen molar-refractivity contribution in [1.29, 1.82) is 0 Å². The Kier molecular flexibility index (Phi) is 5.82. The Balaban J connectivity index is 0.00000240. The van der Waals surface area contributed by atoms with E-state index >= 15 is 0 Å². The zero-order valence-corrected chi connectivity index (χ0v) is 15.9. The third-order valence-corrected chi connectivity index (χ3v) is 4.98. The second-order valence-corrected chi connectivity index (χ2v) is 7.00. The van der Waals surface area contributed by atoms with Gasteiger partial charge in [0.25, 0.3) is 0 Å². The number of likely N-dealkylation sites (N-methyl/N-ethyl adjacent to an activating group) is 1. The van der Waals surface area contributed by atoms with Gasteiger partial charge < -0.3 is 14.6 Å². The van der Waals surface area contributed by atoms with E-state index in [4.69, 9.17) is 4.42 Å². The molecule has 0 saturated heterocycles. The van der Waals surface area contributed by atoms with E-state index in [1.807, 2.05) is 37.3 Å². The fourth-order valence-corrected chi connectivity index (χ4v) is 3.33. The van der Waals surface area contributed by atoms with E-state index in [2.05, 4.69) is 10.3 Å². The molecule has 1 aromatic carbocycles. The average molecular weight is 391 g/mol. The van der Waals surface area contributed by atoms with Gasteiger partial charge >= 0.3 is 0 Å². The SMILES string of the molecule is C.Cc1c(CN(C)C(=O)/C=C/c2cnc3c(c2)CCC(=O)N3)oc2ccccc12. The molecule has 0 atom stereocenters. The van der Waals surface area contributed by atoms with E-state index in [-0.39, 0.29) is 19.2 Å². The number of anilines is 1. The van der Waals surface area contributed by atoms with Gasteiger partial charge in [0.1, 0.15) is 17.2 Å². The van der Waals surface area contributed by atoms with Crippen molar-refractivity contribution in [2.45, 2.75) is 33.7 Å². The zero-order chi connectivity index (χ0) is 19.7. The molecule has 1 N–H and O–H groups in total. The summed E-state index contributed by atoms with van der Waals surface area (Å²) < 4.78 is 5.89. The molecule has 0 bridgehead atoms. The summed E-state index contributed by atoms with van der Waals surface area (Å²) in [5.41, 5.74) is 3.70. The zero-order valence-electron chi connectivity index (χ0n) is 15.9. The minimum absolute atomic E-state index is 0. The molecular formula is C23H25N3O3. The van der Waals surface area contributed by atoms with Crippen LogP contribution in [0.1, 0.15) is 36.3 Å². The molecule has 2 aromatic heterocycles. The predicted octanol–water partition coefficient (Wildman–Crippen LogP) is 4.33. The summed E-state index contributed by atoms with van der Waals surface area (Å²) in [7, 11) is 1.75. The van der Waals surface area contributed by atoms with E-state index in [1.165, 1.54) is 6.08 Å². The molecule has 3 aromatic rings. The summed E-state index contributed by atoms with van der Waals surface area (Å²) >= 11 is 0. The number of nitrogens with one attached hydrogen (secondary N) is 1. The van der Waals surface area contributed by atoms with Gasteiger partial charge in [-0.15, -0.1) is 0 Å². The Labute approximate surface area is 170 Å². The molecule has 4 rings (SSSR count). The van der Waals surface area contributed by atoms with Gasteiger partial charge in [0.05, 0.1) is 6.54 Å². The van der Waals surface area contributed by atoms with Crippen molar-refractivity contribution in [3.63, 3.8) is 0 Å². The molecule has 1 aliphatic rings. The van der Waals surface area contributed by atoms with Gasteiger partial charge in [-0.05, 0) is 42.7 Å². The molecule has 0 aliphatic carbocycles. The normalized spacial score (nSPS) is 13.1. The number of fused-ring (bicyclic) bond motifs is 2. The van der Waals surface area contributed by atoms with Crippen LogP contribution in [-0.4, -0.2) is 28.7 Å². The van der Waals surface area contributed by atoms with Crippen LogP contribution >= 0.6 is 0 Å². The lowest BCUT2D eigenvalue weighted by Crippen LogP contribution is -2.24. The van der Waals surface area contributed by atoms with E-state index < -0.39 is 0 Å². The van der Waals surface area contributed by atoms with Gasteiger partial charge in [-0.2, -0.15) is 0 Å². The Morgan fingerprint density at radius 3 is 2.90 bits per heavy atom. The number of carbonyl (C=O) groups excluding carboxylic acids is 2. The number of amides is 2. The molecule has 2 amide bonds. The first-order chi connectivity index (χ1) is 13.5. The summed E-state index contributed by atoms with van der Waals surface area (Å²) in [5.74, 6) is 1.26. The van der Waals surface area contributed by atoms with Crippen LogP contribution in [0.4, 0.5) is 5.82 Å². The summed E-state index contributed by atoms with van der Waals surface area (Å²) in [6.07, 6.45) is 6.05. The molecule has 0 fully saturated rings. The Morgan fingerprint density at radius 1 is 1.31 bits per heavy atom. The highest BCUT2D eigenvalue weighted by Gasteiger charge is 2.16. The lowest BCUT2D eigenvalue weighted by Gasteiger charge is -2.16. The molecule has 6 heteroatoms. The van der Waals surface area contributed by atoms with Crippen LogP contribution in [0.25, 0.3) is 17.0 Å². The minimum Gasteiger partial charge on any atom is -0.459 e. The van der Waals surface area contributed by atoms with Gasteiger partial charge in [0.15, 0.2) is 0 Å². The standard InChI is InChI=1S/C22H21N3O3.CH4/c1-14-17-5-3-4-6-18(17)28-19(14)13-25(2)21(27)10-7-15-11-16-8-9-20(26)24-22(16)23-12-15;/h3-7,10-12H,8-9,13H2,1-2H3,(H,23,24,26);1H4/b10-7+;. The highest BCUT2D eigenvalue weighted by Crippen LogP contribution is 2.26. The topological polar surface area (TPSA) is 75.4 Å². The number of nitrogens with zero attached hydrogens (tertiary/aromatic N) is 2. The number of para-hydroxylation sites is 1. The molecule has 0 unspecified atom stereocenters. The number of hydrogen-bond donors (Lipinski definition) is 1. The second kappa shape index (κ2) is 8.31. The van der Waals surface area contributed by atoms with Gasteiger partial charge in [0, 0.05) is 36.7 Å². The van der Waals surface area contributed by atoms with E-state index in [9.17, 15) is 9.59 Å². The molecule has 29 heavy (non-hydrogen) atoms. The number of furan rings is 1. The second-order valence-electron chi connectivity index (χ2n) is 7.00. The smallest absolute Gasteiger partial charge is 0.246 e. The fraction of sp³-hybridized carbons (Fsp3) is 0.261. The van der Waals surface area contributed by atoms with Crippen LogP contribution in [-0.2, 0) is 22.6 Å². The predicted molar refractivity (Wildman–Crippen MR) is 114 cm³/mol. The lowest BCUT2D eigenvalue weighted by molar-refractivity contribution is -0.125. The van der Waals surface area contributed by atoms with Crippen molar-refractivity contribution >= 4 is 34.7 Å². The maximum absolute atomic E-state index is 12.5. The van der Waals surface area contributed by atoms with Gasteiger partial charge in [-0.1, -0.05) is 25.6 Å². The minimum atomic E-state index is -0.120. The molecule has 150 valence electrons. The van der Waals surface area contributed by atoms with Gasteiger partial charge in [0.2, 0.25) is 11.8 Å². The summed E-state index contributed by atoms with van der Waals surface area (Å²) in [6.45, 7) is 2.41. The van der Waals surface area contributed by atoms with Crippen molar-refractivity contribution in [3.8, 4) is 0 Å². The number of pyridine rings is 1.